The molecule has 0 aliphatic carbocycles. The third-order valence-electron chi connectivity index (χ3n) is 3.71. The summed E-state index contributed by atoms with van der Waals surface area (Å²) in [5.74, 6) is 1.62. The molecule has 0 atom stereocenters. The van der Waals surface area contributed by atoms with E-state index in [2.05, 4.69) is 66.2 Å². The molecule has 0 amide bonds. The van der Waals surface area contributed by atoms with Gasteiger partial charge in [0.15, 0.2) is 0 Å². The molecule has 0 saturated carbocycles. The molecule has 2 rings (SSSR count). The van der Waals surface area contributed by atoms with Crippen LogP contribution in [0.4, 0.5) is 17.5 Å². The monoisotopic (exact) mass is 298 g/mol. The van der Waals surface area contributed by atoms with Gasteiger partial charge in [-0.3, -0.25) is 0 Å². The lowest BCUT2D eigenvalue weighted by Crippen LogP contribution is -2.20. The van der Waals surface area contributed by atoms with Crippen LogP contribution in [-0.4, -0.2) is 23.6 Å². The Kier molecular flexibility index (Phi) is 5.36. The first-order valence-electron chi connectivity index (χ1n) is 7.90. The predicted octanol–water partition coefficient (Wildman–Crippen LogP) is 4.38. The van der Waals surface area contributed by atoms with E-state index in [0.717, 1.165) is 23.7 Å². The summed E-state index contributed by atoms with van der Waals surface area (Å²) >= 11 is 0. The molecule has 4 heteroatoms. The van der Waals surface area contributed by atoms with E-state index in [-0.39, 0.29) is 0 Å². The summed E-state index contributed by atoms with van der Waals surface area (Å²) in [6.07, 6.45) is 2.35. The Morgan fingerprint density at radius 2 is 1.86 bits per heavy atom. The third kappa shape index (κ3) is 4.20. The number of benzene rings is 1. The number of hydrogen-bond donors (Lipinski definition) is 1. The van der Waals surface area contributed by atoms with Gasteiger partial charge in [-0.25, -0.2) is 4.98 Å². The van der Waals surface area contributed by atoms with Crippen LogP contribution in [0.5, 0.6) is 0 Å². The number of rotatable bonds is 6. The summed E-state index contributed by atoms with van der Waals surface area (Å²) in [7, 11) is 2.08. The topological polar surface area (TPSA) is 41.1 Å². The molecule has 118 valence electrons. The fourth-order valence-electron chi connectivity index (χ4n) is 2.39. The smallest absolute Gasteiger partial charge is 0.229 e. The van der Waals surface area contributed by atoms with Crippen molar-refractivity contribution in [3.8, 4) is 0 Å². The summed E-state index contributed by atoms with van der Waals surface area (Å²) in [5, 5.41) is 3.34. The number of hydrogen-bond acceptors (Lipinski definition) is 4. The van der Waals surface area contributed by atoms with E-state index in [4.69, 9.17) is 0 Å². The molecule has 1 N–H and O–H groups in total. The number of nitrogens with zero attached hydrogens (tertiary/aromatic N) is 3. The van der Waals surface area contributed by atoms with Crippen LogP contribution in [0.25, 0.3) is 0 Å². The fraction of sp³-hybridized carbons (Fsp3) is 0.444. The van der Waals surface area contributed by atoms with Gasteiger partial charge in [0.05, 0.1) is 0 Å². The number of nitrogens with one attached hydrogen (secondary N) is 1. The second kappa shape index (κ2) is 7.25. The molecule has 1 aromatic carbocycles. The van der Waals surface area contributed by atoms with E-state index < -0.39 is 0 Å². The van der Waals surface area contributed by atoms with Gasteiger partial charge >= 0.3 is 0 Å². The molecule has 2 aromatic rings. The summed E-state index contributed by atoms with van der Waals surface area (Å²) in [4.78, 5) is 11.3. The van der Waals surface area contributed by atoms with E-state index in [9.17, 15) is 0 Å². The number of aromatic nitrogens is 2. The second-order valence-corrected chi connectivity index (χ2v) is 5.91. The van der Waals surface area contributed by atoms with E-state index in [1.165, 1.54) is 24.0 Å². The molecular formula is C18H26N4. The van der Waals surface area contributed by atoms with Crippen LogP contribution in [-0.2, 0) is 0 Å². The molecule has 4 nitrogen and oxygen atoms in total. The zero-order chi connectivity index (χ0) is 16.1. The molecule has 0 fully saturated rings. The maximum Gasteiger partial charge on any atom is 0.229 e. The van der Waals surface area contributed by atoms with Crippen molar-refractivity contribution in [2.45, 2.75) is 40.5 Å². The Hall–Kier alpha value is -2.10. The van der Waals surface area contributed by atoms with Crippen LogP contribution in [0.2, 0.25) is 0 Å². The third-order valence-corrected chi connectivity index (χ3v) is 3.71. The molecule has 0 bridgehead atoms. The largest absolute Gasteiger partial charge is 0.360 e. The molecule has 1 aromatic heterocycles. The zero-order valence-electron chi connectivity index (χ0n) is 14.3. The van der Waals surface area contributed by atoms with Crippen LogP contribution >= 0.6 is 0 Å². The van der Waals surface area contributed by atoms with Crippen molar-refractivity contribution in [3.05, 3.63) is 41.1 Å². The minimum absolute atomic E-state index is 0.658. The van der Waals surface area contributed by atoms with Crippen LogP contribution < -0.4 is 10.2 Å². The highest BCUT2D eigenvalue weighted by Gasteiger charge is 2.08. The lowest BCUT2D eigenvalue weighted by molar-refractivity contribution is 0.758. The van der Waals surface area contributed by atoms with Crippen LogP contribution in [0, 0.1) is 20.8 Å². The standard InChI is InChI=1S/C18H26N4/c1-6-7-10-22(5)17-12-15(4)19-18(21-17)20-16-9-8-13(2)11-14(16)3/h8-9,11-12H,6-7,10H2,1-5H3,(H,19,20,21). The Morgan fingerprint density at radius 1 is 1.09 bits per heavy atom. The molecule has 1 heterocycles. The van der Waals surface area contributed by atoms with Gasteiger partial charge in [0.2, 0.25) is 5.95 Å². The lowest BCUT2D eigenvalue weighted by Gasteiger charge is -2.19. The maximum absolute atomic E-state index is 4.65. The Bertz CT molecular complexity index is 637. The van der Waals surface area contributed by atoms with Crippen molar-refractivity contribution in [2.75, 3.05) is 23.8 Å². The second-order valence-electron chi connectivity index (χ2n) is 5.91. The van der Waals surface area contributed by atoms with E-state index in [1.807, 2.05) is 13.0 Å². The SMILES string of the molecule is CCCCN(C)c1cc(C)nc(Nc2ccc(C)cc2C)n1. The first kappa shape index (κ1) is 16.3. The number of aryl methyl sites for hydroxylation is 3. The van der Waals surface area contributed by atoms with Crippen molar-refractivity contribution in [1.29, 1.82) is 0 Å². The fourth-order valence-corrected chi connectivity index (χ4v) is 2.39. The Morgan fingerprint density at radius 3 is 2.55 bits per heavy atom. The zero-order valence-corrected chi connectivity index (χ0v) is 14.3. The quantitative estimate of drug-likeness (QED) is 0.859. The molecular weight excluding hydrogens is 272 g/mol. The molecule has 0 unspecified atom stereocenters. The van der Waals surface area contributed by atoms with Crippen molar-refractivity contribution in [2.24, 2.45) is 0 Å². The number of unbranched alkanes of at least 4 members (excludes halogenated alkanes) is 1. The lowest BCUT2D eigenvalue weighted by atomic mass is 10.1. The van der Waals surface area contributed by atoms with Crippen molar-refractivity contribution in [3.63, 3.8) is 0 Å². The van der Waals surface area contributed by atoms with Crippen LogP contribution in [0.15, 0.2) is 24.3 Å². The van der Waals surface area contributed by atoms with Gasteiger partial charge in [0.25, 0.3) is 0 Å². The van der Waals surface area contributed by atoms with Crippen molar-refractivity contribution < 1.29 is 0 Å². The minimum Gasteiger partial charge on any atom is -0.360 e. The van der Waals surface area contributed by atoms with Gasteiger partial charge in [-0.2, -0.15) is 4.98 Å². The normalized spacial score (nSPS) is 10.6. The molecule has 0 aliphatic heterocycles. The first-order chi connectivity index (χ1) is 10.5. The highest BCUT2D eigenvalue weighted by molar-refractivity contribution is 5.60. The van der Waals surface area contributed by atoms with Gasteiger partial charge < -0.3 is 10.2 Å². The van der Waals surface area contributed by atoms with Gasteiger partial charge in [-0.15, -0.1) is 0 Å². The van der Waals surface area contributed by atoms with Gasteiger partial charge in [0.1, 0.15) is 5.82 Å². The Labute approximate surface area is 133 Å². The molecule has 22 heavy (non-hydrogen) atoms. The van der Waals surface area contributed by atoms with Crippen LogP contribution in [0.3, 0.4) is 0 Å². The first-order valence-corrected chi connectivity index (χ1v) is 7.90. The summed E-state index contributed by atoms with van der Waals surface area (Å²) in [6.45, 7) is 9.41. The van der Waals surface area contributed by atoms with Crippen LogP contribution in [0.1, 0.15) is 36.6 Å². The molecule has 0 saturated heterocycles. The van der Waals surface area contributed by atoms with E-state index in [0.29, 0.717) is 5.95 Å². The van der Waals surface area contributed by atoms with Crippen molar-refractivity contribution in [1.82, 2.24) is 9.97 Å². The van der Waals surface area contributed by atoms with E-state index in [1.54, 1.807) is 0 Å². The molecule has 0 radical (unpaired) electrons. The molecule has 0 spiro atoms. The molecule has 0 aliphatic rings. The van der Waals surface area contributed by atoms with Crippen molar-refractivity contribution >= 4 is 17.5 Å². The summed E-state index contributed by atoms with van der Waals surface area (Å²) < 4.78 is 0. The highest BCUT2D eigenvalue weighted by Crippen LogP contribution is 2.21. The van der Waals surface area contributed by atoms with Gasteiger partial charge in [-0.1, -0.05) is 31.0 Å². The average molecular weight is 298 g/mol. The number of anilines is 3. The summed E-state index contributed by atoms with van der Waals surface area (Å²) in [5.41, 5.74) is 4.48. The predicted molar refractivity (Wildman–Crippen MR) is 94.1 cm³/mol. The minimum atomic E-state index is 0.658. The van der Waals surface area contributed by atoms with Gasteiger partial charge in [-0.05, 0) is 38.8 Å². The maximum atomic E-state index is 4.65. The summed E-state index contributed by atoms with van der Waals surface area (Å²) in [6, 6.07) is 8.37. The Balaban J connectivity index is 2.22. The van der Waals surface area contributed by atoms with E-state index >= 15 is 0 Å². The van der Waals surface area contributed by atoms with Gasteiger partial charge in [0, 0.05) is 31.0 Å². The highest BCUT2D eigenvalue weighted by atomic mass is 15.2. The average Bonchev–Trinajstić information content (AvgIpc) is 2.47.